The van der Waals surface area contributed by atoms with Crippen molar-refractivity contribution < 1.29 is 4.79 Å². The van der Waals surface area contributed by atoms with Crippen molar-refractivity contribution in [2.45, 2.75) is 12.1 Å². The molecule has 0 aliphatic rings. The topological polar surface area (TPSA) is 72.7 Å². The van der Waals surface area contributed by atoms with Crippen LogP contribution in [-0.4, -0.2) is 31.9 Å². The largest absolute Gasteiger partial charge is 0.324 e. The van der Waals surface area contributed by atoms with Crippen LogP contribution in [-0.2, 0) is 4.79 Å². The molecule has 0 saturated carbocycles. The van der Waals surface area contributed by atoms with Crippen molar-refractivity contribution in [2.75, 3.05) is 11.1 Å². The number of nitrogens with zero attached hydrogens (tertiary/aromatic N) is 4. The summed E-state index contributed by atoms with van der Waals surface area (Å²) >= 11 is 10.7. The molecule has 3 rings (SSSR count). The Morgan fingerprint density at radius 2 is 2.04 bits per heavy atom. The number of hydrogen-bond acceptors (Lipinski definition) is 5. The molecule has 3 aromatic rings. The minimum absolute atomic E-state index is 0.165. The molecular weight excluding hydrogens is 426 g/mol. The van der Waals surface area contributed by atoms with Crippen LogP contribution in [0.15, 0.2) is 52.1 Å². The normalized spacial score (nSPS) is 10.7. The van der Waals surface area contributed by atoms with Crippen LogP contribution >= 0.6 is 39.3 Å². The molecule has 0 fully saturated rings. The molecule has 0 bridgehead atoms. The molecule has 0 spiro atoms. The second kappa shape index (κ2) is 7.99. The third kappa shape index (κ3) is 4.59. The van der Waals surface area contributed by atoms with Crippen LogP contribution < -0.4 is 5.32 Å². The van der Waals surface area contributed by atoms with Gasteiger partial charge in [0.1, 0.15) is 0 Å². The first-order valence-electron chi connectivity index (χ1n) is 7.26. The number of thioether (sulfide) groups is 1. The van der Waals surface area contributed by atoms with E-state index in [4.69, 9.17) is 11.6 Å². The quantitative estimate of drug-likeness (QED) is 0.607. The van der Waals surface area contributed by atoms with Crippen molar-refractivity contribution in [3.63, 3.8) is 0 Å². The van der Waals surface area contributed by atoms with Gasteiger partial charge in [0.15, 0.2) is 0 Å². The first kappa shape index (κ1) is 17.9. The van der Waals surface area contributed by atoms with Crippen LogP contribution in [0.4, 0.5) is 5.69 Å². The number of benzene rings is 2. The van der Waals surface area contributed by atoms with Crippen molar-refractivity contribution in [3.8, 4) is 5.69 Å². The van der Waals surface area contributed by atoms with Gasteiger partial charge in [0.05, 0.1) is 22.2 Å². The molecule has 0 unspecified atom stereocenters. The van der Waals surface area contributed by atoms with E-state index in [0.29, 0.717) is 15.9 Å². The summed E-state index contributed by atoms with van der Waals surface area (Å²) in [7, 11) is 0. The number of nitrogens with one attached hydrogen (secondary N) is 1. The van der Waals surface area contributed by atoms with E-state index in [1.165, 1.54) is 11.8 Å². The molecule has 0 radical (unpaired) electrons. The number of carbonyl (C=O) groups is 1. The summed E-state index contributed by atoms with van der Waals surface area (Å²) < 4.78 is 2.45. The zero-order valence-electron chi connectivity index (χ0n) is 13.1. The maximum atomic E-state index is 12.2. The average Bonchev–Trinajstić information content (AvgIpc) is 3.05. The van der Waals surface area contributed by atoms with Gasteiger partial charge in [-0.25, -0.2) is 0 Å². The van der Waals surface area contributed by atoms with E-state index in [1.54, 1.807) is 16.8 Å². The molecule has 1 amide bonds. The lowest BCUT2D eigenvalue weighted by atomic mass is 10.2. The van der Waals surface area contributed by atoms with Crippen molar-refractivity contribution in [2.24, 2.45) is 0 Å². The van der Waals surface area contributed by atoms with E-state index in [9.17, 15) is 4.79 Å². The Hall–Kier alpha value is -1.90. The fraction of sp³-hybridized carbons (Fsp3) is 0.125. The molecule has 2 aromatic carbocycles. The molecule has 128 valence electrons. The zero-order chi connectivity index (χ0) is 17.8. The van der Waals surface area contributed by atoms with Gasteiger partial charge in [-0.3, -0.25) is 4.79 Å². The average molecular weight is 439 g/mol. The summed E-state index contributed by atoms with van der Waals surface area (Å²) in [6.45, 7) is 2.01. The van der Waals surface area contributed by atoms with Crippen LogP contribution in [0.5, 0.6) is 0 Å². The standard InChI is InChI=1S/C16H13BrClN5OS/c1-10-2-5-12(6-3-10)23-16(20-21-22-23)25-9-15(24)19-14-7-4-11(17)8-13(14)18/h2-8H,9H2,1H3,(H,19,24). The van der Waals surface area contributed by atoms with E-state index in [-0.39, 0.29) is 11.7 Å². The highest BCUT2D eigenvalue weighted by molar-refractivity contribution is 9.10. The van der Waals surface area contributed by atoms with Gasteiger partial charge in [-0.05, 0) is 47.7 Å². The summed E-state index contributed by atoms with van der Waals surface area (Å²) in [5, 5.41) is 15.4. The number of hydrogen-bond donors (Lipinski definition) is 1. The number of aryl methyl sites for hydroxylation is 1. The molecule has 0 aliphatic heterocycles. The lowest BCUT2D eigenvalue weighted by molar-refractivity contribution is -0.113. The van der Waals surface area contributed by atoms with E-state index in [0.717, 1.165) is 15.7 Å². The van der Waals surface area contributed by atoms with E-state index in [2.05, 4.69) is 36.8 Å². The second-order valence-electron chi connectivity index (χ2n) is 5.17. The summed E-state index contributed by atoms with van der Waals surface area (Å²) in [5.41, 5.74) is 2.56. The van der Waals surface area contributed by atoms with Gasteiger partial charge in [-0.2, -0.15) is 4.68 Å². The molecular formula is C16H13BrClN5OS. The van der Waals surface area contributed by atoms with Gasteiger partial charge >= 0.3 is 0 Å². The van der Waals surface area contributed by atoms with Gasteiger partial charge in [0, 0.05) is 4.47 Å². The number of aromatic nitrogens is 4. The molecule has 6 nitrogen and oxygen atoms in total. The molecule has 9 heteroatoms. The highest BCUT2D eigenvalue weighted by atomic mass is 79.9. The van der Waals surface area contributed by atoms with Crippen molar-refractivity contribution in [3.05, 3.63) is 57.5 Å². The van der Waals surface area contributed by atoms with Crippen molar-refractivity contribution >= 4 is 50.9 Å². The van der Waals surface area contributed by atoms with E-state index in [1.807, 2.05) is 37.3 Å². The van der Waals surface area contributed by atoms with Crippen LogP contribution in [0.1, 0.15) is 5.56 Å². The minimum Gasteiger partial charge on any atom is -0.324 e. The molecule has 0 atom stereocenters. The van der Waals surface area contributed by atoms with E-state index >= 15 is 0 Å². The smallest absolute Gasteiger partial charge is 0.234 e. The summed E-state index contributed by atoms with van der Waals surface area (Å²) in [5.74, 6) is -0.0220. The monoisotopic (exact) mass is 437 g/mol. The summed E-state index contributed by atoms with van der Waals surface area (Å²) in [6.07, 6.45) is 0. The van der Waals surface area contributed by atoms with Crippen LogP contribution in [0.3, 0.4) is 0 Å². The number of tetrazole rings is 1. The number of anilines is 1. The first-order valence-corrected chi connectivity index (χ1v) is 9.42. The highest BCUT2D eigenvalue weighted by Gasteiger charge is 2.12. The Labute approximate surface area is 162 Å². The fourth-order valence-electron chi connectivity index (χ4n) is 2.02. The number of rotatable bonds is 5. The predicted octanol–water partition coefficient (Wildman–Crippen LogP) is 4.12. The molecule has 1 heterocycles. The Bertz CT molecular complexity index is 900. The van der Waals surface area contributed by atoms with Crippen LogP contribution in [0.2, 0.25) is 5.02 Å². The predicted molar refractivity (Wildman–Crippen MR) is 102 cm³/mol. The lowest BCUT2D eigenvalue weighted by Crippen LogP contribution is -2.15. The van der Waals surface area contributed by atoms with Gasteiger partial charge in [0.2, 0.25) is 11.1 Å². The zero-order valence-corrected chi connectivity index (χ0v) is 16.3. The maximum Gasteiger partial charge on any atom is 0.234 e. The molecule has 25 heavy (non-hydrogen) atoms. The molecule has 0 saturated heterocycles. The Morgan fingerprint density at radius 3 is 2.76 bits per heavy atom. The Balaban J connectivity index is 1.65. The van der Waals surface area contributed by atoms with Gasteiger partial charge in [0.25, 0.3) is 0 Å². The van der Waals surface area contributed by atoms with Gasteiger partial charge in [-0.15, -0.1) is 5.10 Å². The SMILES string of the molecule is Cc1ccc(-n2nnnc2SCC(=O)Nc2ccc(Br)cc2Cl)cc1. The Kier molecular flexibility index (Phi) is 5.72. The minimum atomic E-state index is -0.187. The number of carbonyl (C=O) groups excluding carboxylic acids is 1. The van der Waals surface area contributed by atoms with Gasteiger partial charge in [-0.1, -0.05) is 57.0 Å². The molecule has 1 aromatic heterocycles. The van der Waals surface area contributed by atoms with Crippen molar-refractivity contribution in [1.29, 1.82) is 0 Å². The van der Waals surface area contributed by atoms with Crippen molar-refractivity contribution in [1.82, 2.24) is 20.2 Å². The third-order valence-corrected chi connectivity index (χ3v) is 4.98. The fourth-order valence-corrected chi connectivity index (χ4v) is 3.44. The number of amides is 1. The van der Waals surface area contributed by atoms with Gasteiger partial charge < -0.3 is 5.32 Å². The maximum absolute atomic E-state index is 12.2. The second-order valence-corrected chi connectivity index (χ2v) is 7.44. The number of halogens is 2. The summed E-state index contributed by atoms with van der Waals surface area (Å²) in [6, 6.07) is 13.1. The molecule has 0 aliphatic carbocycles. The Morgan fingerprint density at radius 1 is 1.28 bits per heavy atom. The van der Waals surface area contributed by atoms with Crippen LogP contribution in [0.25, 0.3) is 5.69 Å². The first-order chi connectivity index (χ1) is 12.0. The van der Waals surface area contributed by atoms with E-state index < -0.39 is 0 Å². The highest BCUT2D eigenvalue weighted by Crippen LogP contribution is 2.26. The van der Waals surface area contributed by atoms with Crippen LogP contribution in [0, 0.1) is 6.92 Å². The lowest BCUT2D eigenvalue weighted by Gasteiger charge is -2.08. The summed E-state index contributed by atoms with van der Waals surface area (Å²) in [4.78, 5) is 12.2. The third-order valence-electron chi connectivity index (χ3n) is 3.26. The molecule has 1 N–H and O–H groups in total.